The molecular weight excluding hydrogens is 292 g/mol. The summed E-state index contributed by atoms with van der Waals surface area (Å²) in [7, 11) is 0. The van der Waals surface area contributed by atoms with Crippen LogP contribution < -0.4 is 9.47 Å². The molecule has 0 aliphatic carbocycles. The molecule has 2 heterocycles. The van der Waals surface area contributed by atoms with Crippen LogP contribution in [0, 0.1) is 0 Å². The van der Waals surface area contributed by atoms with E-state index in [4.69, 9.17) is 21.1 Å². The molecule has 0 spiro atoms. The maximum absolute atomic E-state index is 12.5. The van der Waals surface area contributed by atoms with Gasteiger partial charge >= 0.3 is 0 Å². The molecule has 0 saturated carbocycles. The number of fused-ring (bicyclic) bond motifs is 1. The van der Waals surface area contributed by atoms with Crippen LogP contribution in [0.15, 0.2) is 24.3 Å². The highest BCUT2D eigenvalue weighted by atomic mass is 35.5. The van der Waals surface area contributed by atoms with Gasteiger partial charge in [0.2, 0.25) is 6.10 Å². The minimum Gasteiger partial charge on any atom is -0.485 e. The fourth-order valence-corrected chi connectivity index (χ4v) is 2.90. The van der Waals surface area contributed by atoms with E-state index in [1.807, 2.05) is 29.2 Å². The van der Waals surface area contributed by atoms with Gasteiger partial charge in [-0.15, -0.1) is 11.6 Å². The lowest BCUT2D eigenvalue weighted by Gasteiger charge is -2.36. The van der Waals surface area contributed by atoms with Crippen molar-refractivity contribution in [3.63, 3.8) is 0 Å². The Kier molecular flexibility index (Phi) is 4.51. The predicted molar refractivity (Wildman–Crippen MR) is 80.1 cm³/mol. The minimum atomic E-state index is -0.542. The summed E-state index contributed by atoms with van der Waals surface area (Å²) in [4.78, 5) is 16.6. The van der Waals surface area contributed by atoms with Crippen molar-refractivity contribution in [3.8, 4) is 11.5 Å². The Morgan fingerprint density at radius 3 is 2.62 bits per heavy atom. The fourth-order valence-electron chi connectivity index (χ4n) is 2.66. The zero-order chi connectivity index (χ0) is 14.7. The van der Waals surface area contributed by atoms with Crippen LogP contribution in [0.25, 0.3) is 0 Å². The molecule has 0 aromatic heterocycles. The van der Waals surface area contributed by atoms with Gasteiger partial charge in [0.15, 0.2) is 11.5 Å². The molecule has 6 heteroatoms. The number of nitrogens with zero attached hydrogens (tertiary/aromatic N) is 2. The van der Waals surface area contributed by atoms with Crippen molar-refractivity contribution in [3.05, 3.63) is 24.3 Å². The summed E-state index contributed by atoms with van der Waals surface area (Å²) in [6, 6.07) is 7.44. The summed E-state index contributed by atoms with van der Waals surface area (Å²) in [6.07, 6.45) is -0.542. The van der Waals surface area contributed by atoms with E-state index in [0.29, 0.717) is 17.4 Å². The Morgan fingerprint density at radius 2 is 1.90 bits per heavy atom. The minimum absolute atomic E-state index is 0.00928. The quantitative estimate of drug-likeness (QED) is 0.787. The van der Waals surface area contributed by atoms with Crippen molar-refractivity contribution in [2.24, 2.45) is 0 Å². The number of ether oxygens (including phenoxy) is 2. The SMILES string of the molecule is O=C(C1COc2ccccc2O1)N1CCN(CCCl)CC1. The van der Waals surface area contributed by atoms with E-state index in [0.717, 1.165) is 32.7 Å². The Morgan fingerprint density at radius 1 is 1.19 bits per heavy atom. The normalized spacial score (nSPS) is 22.1. The molecule has 0 bridgehead atoms. The van der Waals surface area contributed by atoms with Gasteiger partial charge in [-0.05, 0) is 12.1 Å². The second-order valence-electron chi connectivity index (χ2n) is 5.22. The van der Waals surface area contributed by atoms with E-state index in [1.54, 1.807) is 0 Å². The molecule has 1 amide bonds. The van der Waals surface area contributed by atoms with Gasteiger partial charge in [0.1, 0.15) is 6.61 Å². The lowest BCUT2D eigenvalue weighted by atomic mass is 10.2. The van der Waals surface area contributed by atoms with Crippen LogP contribution in [0.2, 0.25) is 0 Å². The Balaban J connectivity index is 1.57. The van der Waals surface area contributed by atoms with E-state index < -0.39 is 6.10 Å². The van der Waals surface area contributed by atoms with E-state index in [1.165, 1.54) is 0 Å². The van der Waals surface area contributed by atoms with Gasteiger partial charge in [0, 0.05) is 38.6 Å². The average molecular weight is 311 g/mol. The number of carbonyl (C=O) groups is 1. The largest absolute Gasteiger partial charge is 0.485 e. The second kappa shape index (κ2) is 6.54. The lowest BCUT2D eigenvalue weighted by Crippen LogP contribution is -2.54. The zero-order valence-electron chi connectivity index (χ0n) is 11.8. The van der Waals surface area contributed by atoms with Gasteiger partial charge in [0.25, 0.3) is 5.91 Å². The molecule has 0 N–H and O–H groups in total. The number of carbonyl (C=O) groups excluding carboxylic acids is 1. The van der Waals surface area contributed by atoms with Crippen LogP contribution in [0.1, 0.15) is 0 Å². The fraction of sp³-hybridized carbons (Fsp3) is 0.533. The maximum atomic E-state index is 12.5. The van der Waals surface area contributed by atoms with Crippen LogP contribution >= 0.6 is 11.6 Å². The van der Waals surface area contributed by atoms with Crippen molar-refractivity contribution in [1.82, 2.24) is 9.80 Å². The van der Waals surface area contributed by atoms with Crippen molar-refractivity contribution in [2.45, 2.75) is 6.10 Å². The second-order valence-corrected chi connectivity index (χ2v) is 5.60. The van der Waals surface area contributed by atoms with Crippen molar-refractivity contribution in [1.29, 1.82) is 0 Å². The van der Waals surface area contributed by atoms with E-state index >= 15 is 0 Å². The highest BCUT2D eigenvalue weighted by Gasteiger charge is 2.32. The first-order valence-corrected chi connectivity index (χ1v) is 7.77. The van der Waals surface area contributed by atoms with E-state index in [2.05, 4.69) is 4.90 Å². The van der Waals surface area contributed by atoms with Gasteiger partial charge in [-0.2, -0.15) is 0 Å². The monoisotopic (exact) mass is 310 g/mol. The number of para-hydroxylation sites is 2. The number of rotatable bonds is 3. The van der Waals surface area contributed by atoms with Crippen molar-refractivity contribution >= 4 is 17.5 Å². The van der Waals surface area contributed by atoms with Crippen LogP contribution in [-0.4, -0.2) is 67.0 Å². The first-order chi connectivity index (χ1) is 10.3. The van der Waals surface area contributed by atoms with Gasteiger partial charge < -0.3 is 14.4 Å². The zero-order valence-corrected chi connectivity index (χ0v) is 12.6. The van der Waals surface area contributed by atoms with Crippen LogP contribution in [-0.2, 0) is 4.79 Å². The van der Waals surface area contributed by atoms with Crippen LogP contribution in [0.5, 0.6) is 11.5 Å². The molecule has 5 nitrogen and oxygen atoms in total. The summed E-state index contributed by atoms with van der Waals surface area (Å²) in [5.41, 5.74) is 0. The van der Waals surface area contributed by atoms with Crippen LogP contribution in [0.4, 0.5) is 0 Å². The number of alkyl halides is 1. The van der Waals surface area contributed by atoms with Gasteiger partial charge in [-0.1, -0.05) is 12.1 Å². The molecule has 1 unspecified atom stereocenters. The maximum Gasteiger partial charge on any atom is 0.267 e. The summed E-state index contributed by atoms with van der Waals surface area (Å²) in [6.45, 7) is 4.32. The molecule has 1 atom stereocenters. The molecule has 114 valence electrons. The molecule has 2 aliphatic rings. The molecule has 2 aliphatic heterocycles. The number of hydrogen-bond donors (Lipinski definition) is 0. The third kappa shape index (κ3) is 3.24. The highest BCUT2D eigenvalue weighted by Crippen LogP contribution is 2.31. The third-order valence-electron chi connectivity index (χ3n) is 3.87. The smallest absolute Gasteiger partial charge is 0.267 e. The van der Waals surface area contributed by atoms with Crippen molar-refractivity contribution in [2.75, 3.05) is 45.2 Å². The van der Waals surface area contributed by atoms with Crippen molar-refractivity contribution < 1.29 is 14.3 Å². The van der Waals surface area contributed by atoms with Gasteiger partial charge in [-0.3, -0.25) is 9.69 Å². The first kappa shape index (κ1) is 14.5. The highest BCUT2D eigenvalue weighted by molar-refractivity contribution is 6.18. The standard InChI is InChI=1S/C15H19ClN2O3/c16-5-6-17-7-9-18(10-8-17)15(19)14-11-20-12-3-1-2-4-13(12)21-14/h1-4,14H,5-11H2. The number of piperazine rings is 1. The number of amides is 1. The Labute approximate surface area is 129 Å². The summed E-state index contributed by atoms with van der Waals surface area (Å²) in [5.74, 6) is 1.98. The molecule has 1 aromatic carbocycles. The van der Waals surface area contributed by atoms with Gasteiger partial charge in [-0.25, -0.2) is 0 Å². The topological polar surface area (TPSA) is 42.0 Å². The molecule has 21 heavy (non-hydrogen) atoms. The number of hydrogen-bond acceptors (Lipinski definition) is 4. The van der Waals surface area contributed by atoms with Crippen LogP contribution in [0.3, 0.4) is 0 Å². The molecule has 1 saturated heterocycles. The first-order valence-electron chi connectivity index (χ1n) is 7.23. The number of benzene rings is 1. The molecule has 3 rings (SSSR count). The third-order valence-corrected chi connectivity index (χ3v) is 4.04. The van der Waals surface area contributed by atoms with Gasteiger partial charge in [0.05, 0.1) is 0 Å². The summed E-state index contributed by atoms with van der Waals surface area (Å²) >= 11 is 5.74. The molecular formula is C15H19ClN2O3. The molecule has 1 fully saturated rings. The molecule has 0 radical (unpaired) electrons. The molecule has 1 aromatic rings. The average Bonchev–Trinajstić information content (AvgIpc) is 2.55. The number of halogens is 1. The van der Waals surface area contributed by atoms with E-state index in [9.17, 15) is 4.79 Å². The predicted octanol–water partition coefficient (Wildman–Crippen LogP) is 1.21. The summed E-state index contributed by atoms with van der Waals surface area (Å²) in [5, 5.41) is 0. The lowest BCUT2D eigenvalue weighted by molar-refractivity contribution is -0.142. The summed E-state index contributed by atoms with van der Waals surface area (Å²) < 4.78 is 11.4. The van der Waals surface area contributed by atoms with E-state index in [-0.39, 0.29) is 12.5 Å². The Hall–Kier alpha value is -1.46. The Bertz CT molecular complexity index is 503.